The van der Waals surface area contributed by atoms with Crippen LogP contribution in [0.3, 0.4) is 0 Å². The zero-order valence-electron chi connectivity index (χ0n) is 16.5. The minimum Gasteiger partial charge on any atom is -0.321 e. The van der Waals surface area contributed by atoms with Crippen LogP contribution in [0, 0.1) is 12.8 Å². The molecule has 6 nitrogen and oxygen atoms in total. The second-order valence-corrected chi connectivity index (χ2v) is 9.53. The van der Waals surface area contributed by atoms with Gasteiger partial charge in [-0.1, -0.05) is 29.8 Å². The van der Waals surface area contributed by atoms with Crippen molar-refractivity contribution in [2.24, 2.45) is 5.92 Å². The molecule has 2 aromatic carbocycles. The summed E-state index contributed by atoms with van der Waals surface area (Å²) in [6.07, 6.45) is 1.88. The SMILES string of the molecule is Cc1ccccc1C(=O)Nc1ccc(S(=O)(=O)N[C@H](C)C2CCNCC2)cc1Cl. The Bertz CT molecular complexity index is 988. The van der Waals surface area contributed by atoms with Crippen LogP contribution in [0.2, 0.25) is 5.02 Å². The van der Waals surface area contributed by atoms with E-state index < -0.39 is 10.0 Å². The van der Waals surface area contributed by atoms with Crippen molar-refractivity contribution in [3.05, 3.63) is 58.6 Å². The number of benzene rings is 2. The molecule has 0 spiro atoms. The number of aryl methyl sites for hydroxylation is 1. The largest absolute Gasteiger partial charge is 0.321 e. The summed E-state index contributed by atoms with van der Waals surface area (Å²) < 4.78 is 28.3. The Morgan fingerprint density at radius 2 is 1.86 bits per heavy atom. The van der Waals surface area contributed by atoms with Crippen LogP contribution in [0.25, 0.3) is 0 Å². The molecule has 1 atom stereocenters. The zero-order chi connectivity index (χ0) is 21.0. The van der Waals surface area contributed by atoms with E-state index in [0.29, 0.717) is 17.2 Å². The van der Waals surface area contributed by atoms with Crippen molar-refractivity contribution in [1.29, 1.82) is 0 Å². The van der Waals surface area contributed by atoms with Crippen LogP contribution < -0.4 is 15.4 Å². The Labute approximate surface area is 177 Å². The molecule has 3 rings (SSSR count). The molecular weight excluding hydrogens is 410 g/mol. The molecule has 2 aromatic rings. The van der Waals surface area contributed by atoms with Gasteiger partial charge in [0.05, 0.1) is 15.6 Å². The van der Waals surface area contributed by atoms with Gasteiger partial charge in [0.25, 0.3) is 5.91 Å². The van der Waals surface area contributed by atoms with Gasteiger partial charge >= 0.3 is 0 Å². The van der Waals surface area contributed by atoms with Gasteiger partial charge in [0.1, 0.15) is 0 Å². The molecular formula is C21H26ClN3O3S. The first-order valence-corrected chi connectivity index (χ1v) is 11.5. The van der Waals surface area contributed by atoms with E-state index >= 15 is 0 Å². The molecule has 0 bridgehead atoms. The van der Waals surface area contributed by atoms with Gasteiger partial charge in [-0.05, 0) is 75.5 Å². The molecule has 1 aliphatic heterocycles. The molecule has 1 saturated heterocycles. The number of piperidine rings is 1. The molecule has 1 heterocycles. The van der Waals surface area contributed by atoms with E-state index in [1.54, 1.807) is 12.1 Å². The molecule has 0 saturated carbocycles. The molecule has 1 aliphatic rings. The first kappa shape index (κ1) is 21.8. The van der Waals surface area contributed by atoms with E-state index in [0.717, 1.165) is 31.5 Å². The van der Waals surface area contributed by atoms with Crippen LogP contribution in [0.1, 0.15) is 35.7 Å². The first-order valence-electron chi connectivity index (χ1n) is 9.67. The lowest BCUT2D eigenvalue weighted by atomic mass is 9.92. The van der Waals surface area contributed by atoms with E-state index in [4.69, 9.17) is 11.6 Å². The lowest BCUT2D eigenvalue weighted by Gasteiger charge is -2.28. The lowest BCUT2D eigenvalue weighted by Crippen LogP contribution is -2.42. The van der Waals surface area contributed by atoms with E-state index in [1.807, 2.05) is 26.0 Å². The molecule has 29 heavy (non-hydrogen) atoms. The predicted molar refractivity (Wildman–Crippen MR) is 116 cm³/mol. The van der Waals surface area contributed by atoms with E-state index in [2.05, 4.69) is 15.4 Å². The van der Waals surface area contributed by atoms with Gasteiger partial charge in [0, 0.05) is 11.6 Å². The fourth-order valence-corrected chi connectivity index (χ4v) is 5.17. The van der Waals surface area contributed by atoms with Gasteiger partial charge in [-0.2, -0.15) is 0 Å². The van der Waals surface area contributed by atoms with Crippen molar-refractivity contribution in [1.82, 2.24) is 10.0 Å². The number of hydrogen-bond donors (Lipinski definition) is 3. The second-order valence-electron chi connectivity index (χ2n) is 7.41. The average molecular weight is 436 g/mol. The number of halogens is 1. The molecule has 3 N–H and O–H groups in total. The third-order valence-corrected chi connectivity index (χ3v) is 7.19. The number of rotatable bonds is 6. The smallest absolute Gasteiger partial charge is 0.255 e. The summed E-state index contributed by atoms with van der Waals surface area (Å²) in [7, 11) is -3.70. The maximum absolute atomic E-state index is 12.8. The number of carbonyl (C=O) groups is 1. The van der Waals surface area contributed by atoms with Crippen LogP contribution in [0.4, 0.5) is 5.69 Å². The highest BCUT2D eigenvalue weighted by atomic mass is 35.5. The van der Waals surface area contributed by atoms with Crippen molar-refractivity contribution in [2.75, 3.05) is 18.4 Å². The summed E-state index contributed by atoms with van der Waals surface area (Å²) in [5.74, 6) is 0.00688. The Balaban J connectivity index is 1.72. The molecule has 1 fully saturated rings. The van der Waals surface area contributed by atoms with Crippen molar-refractivity contribution < 1.29 is 13.2 Å². The summed E-state index contributed by atoms with van der Waals surface area (Å²) in [5.41, 5.74) is 1.75. The van der Waals surface area contributed by atoms with Crippen molar-refractivity contribution in [3.63, 3.8) is 0 Å². The number of amides is 1. The van der Waals surface area contributed by atoms with Crippen LogP contribution in [0.5, 0.6) is 0 Å². The van der Waals surface area contributed by atoms with E-state index in [9.17, 15) is 13.2 Å². The molecule has 1 amide bonds. The second kappa shape index (κ2) is 9.26. The monoisotopic (exact) mass is 435 g/mol. The summed E-state index contributed by atoms with van der Waals surface area (Å²) >= 11 is 6.28. The van der Waals surface area contributed by atoms with Crippen LogP contribution in [-0.2, 0) is 10.0 Å². The van der Waals surface area contributed by atoms with Gasteiger partial charge in [0.15, 0.2) is 0 Å². The summed E-state index contributed by atoms with van der Waals surface area (Å²) in [6.45, 7) is 5.54. The van der Waals surface area contributed by atoms with Crippen molar-refractivity contribution in [2.45, 2.75) is 37.6 Å². The molecule has 0 unspecified atom stereocenters. The molecule has 8 heteroatoms. The van der Waals surface area contributed by atoms with Gasteiger partial charge in [-0.15, -0.1) is 0 Å². The quantitative estimate of drug-likeness (QED) is 0.647. The fraction of sp³-hybridized carbons (Fsp3) is 0.381. The predicted octanol–water partition coefficient (Wildman–Crippen LogP) is 3.57. The van der Waals surface area contributed by atoms with Crippen molar-refractivity contribution >= 4 is 33.2 Å². The maximum Gasteiger partial charge on any atom is 0.255 e. The van der Waals surface area contributed by atoms with E-state index in [1.165, 1.54) is 18.2 Å². The highest BCUT2D eigenvalue weighted by Crippen LogP contribution is 2.27. The molecule has 0 aromatic heterocycles. The summed E-state index contributed by atoms with van der Waals surface area (Å²) in [4.78, 5) is 12.6. The standard InChI is InChI=1S/C21H26ClN3O3S/c1-14-5-3-4-6-18(14)21(26)24-20-8-7-17(13-19(20)22)29(27,28)25-15(2)16-9-11-23-12-10-16/h3-8,13,15-16,23,25H,9-12H2,1-2H3,(H,24,26)/t15-/m1/s1. The van der Waals surface area contributed by atoms with Gasteiger partial charge in [-0.3, -0.25) is 4.79 Å². The summed E-state index contributed by atoms with van der Waals surface area (Å²) in [6, 6.07) is 11.4. The topological polar surface area (TPSA) is 87.3 Å². The Morgan fingerprint density at radius 1 is 1.17 bits per heavy atom. The van der Waals surface area contributed by atoms with E-state index in [-0.39, 0.29) is 21.9 Å². The number of carbonyl (C=O) groups excluding carboxylic acids is 1. The van der Waals surface area contributed by atoms with Crippen molar-refractivity contribution in [3.8, 4) is 0 Å². The number of sulfonamides is 1. The number of nitrogens with one attached hydrogen (secondary N) is 3. The Kier molecular flexibility index (Phi) is 6.95. The van der Waals surface area contributed by atoms with Crippen LogP contribution in [-0.4, -0.2) is 33.5 Å². The maximum atomic E-state index is 12.8. The van der Waals surface area contributed by atoms with Gasteiger partial charge in [0.2, 0.25) is 10.0 Å². The number of hydrogen-bond acceptors (Lipinski definition) is 4. The minimum absolute atomic E-state index is 0.0807. The Hall–Kier alpha value is -1.93. The summed E-state index contributed by atoms with van der Waals surface area (Å²) in [5, 5.41) is 6.20. The minimum atomic E-state index is -3.70. The normalized spacial score (nSPS) is 16.4. The lowest BCUT2D eigenvalue weighted by molar-refractivity contribution is 0.102. The van der Waals surface area contributed by atoms with Crippen LogP contribution >= 0.6 is 11.6 Å². The highest BCUT2D eigenvalue weighted by molar-refractivity contribution is 7.89. The third-order valence-electron chi connectivity index (χ3n) is 5.32. The van der Waals surface area contributed by atoms with Gasteiger partial charge < -0.3 is 10.6 Å². The highest BCUT2D eigenvalue weighted by Gasteiger charge is 2.25. The molecule has 156 valence electrons. The third kappa shape index (κ3) is 5.36. The van der Waals surface area contributed by atoms with Gasteiger partial charge in [-0.25, -0.2) is 13.1 Å². The number of anilines is 1. The van der Waals surface area contributed by atoms with Crippen LogP contribution in [0.15, 0.2) is 47.4 Å². The Morgan fingerprint density at radius 3 is 2.52 bits per heavy atom. The fourth-order valence-electron chi connectivity index (χ4n) is 3.53. The average Bonchev–Trinajstić information content (AvgIpc) is 2.70. The molecule has 0 radical (unpaired) electrons. The first-order chi connectivity index (χ1) is 13.8. The zero-order valence-corrected chi connectivity index (χ0v) is 18.1. The molecule has 0 aliphatic carbocycles.